The number of hydrogen-bond donors (Lipinski definition) is 0. The van der Waals surface area contributed by atoms with Crippen LogP contribution in [0.5, 0.6) is 0 Å². The minimum atomic E-state index is -4.85. The van der Waals surface area contributed by atoms with E-state index in [1.165, 1.54) is 13.0 Å². The molecule has 0 radical (unpaired) electrons. The Labute approximate surface area is 121 Å². The van der Waals surface area contributed by atoms with Crippen molar-refractivity contribution < 1.29 is 22.0 Å². The summed E-state index contributed by atoms with van der Waals surface area (Å²) in [6.45, 7) is 3.69. The zero-order valence-corrected chi connectivity index (χ0v) is 12.4. The van der Waals surface area contributed by atoms with Crippen LogP contribution in [0.2, 0.25) is 0 Å². The fourth-order valence-electron chi connectivity index (χ4n) is 2.59. The van der Waals surface area contributed by atoms with Crippen LogP contribution in [0.4, 0.5) is 22.0 Å². The summed E-state index contributed by atoms with van der Waals surface area (Å²) >= 11 is 0. The second-order valence-corrected chi connectivity index (χ2v) is 5.27. The summed E-state index contributed by atoms with van der Waals surface area (Å²) in [5.74, 6) is -2.91. The molecule has 1 aliphatic rings. The van der Waals surface area contributed by atoms with Gasteiger partial charge in [-0.1, -0.05) is 6.08 Å². The SMILES string of the molecule is C\C=C(/C(=C(F)\C=C(/C)F)C(F)(F)F)C1CCN(C)CC1. The molecule has 0 aromatic rings. The van der Waals surface area contributed by atoms with Gasteiger partial charge in [-0.3, -0.25) is 0 Å². The standard InChI is InChI=1S/C15H20F5N/c1-4-12(11-5-7-21(3)8-6-11)14(15(18,19)20)13(17)9-10(2)16/h4,9,11H,5-8H2,1-3H3/b10-9+,12-4-,14-13-. The second-order valence-electron chi connectivity index (χ2n) is 5.27. The van der Waals surface area contributed by atoms with Crippen molar-refractivity contribution in [2.45, 2.75) is 32.9 Å². The Morgan fingerprint density at radius 1 is 1.14 bits per heavy atom. The third-order valence-electron chi connectivity index (χ3n) is 3.61. The first-order valence-electron chi connectivity index (χ1n) is 6.82. The Morgan fingerprint density at radius 3 is 2.05 bits per heavy atom. The Hall–Kier alpha value is -1.17. The summed E-state index contributed by atoms with van der Waals surface area (Å²) in [5, 5.41) is 0. The third-order valence-corrected chi connectivity index (χ3v) is 3.61. The van der Waals surface area contributed by atoms with E-state index in [4.69, 9.17) is 0 Å². The molecule has 0 amide bonds. The number of nitrogens with zero attached hydrogens (tertiary/aromatic N) is 1. The molecular formula is C15H20F5N. The average molecular weight is 309 g/mol. The van der Waals surface area contributed by atoms with Crippen molar-refractivity contribution in [1.29, 1.82) is 0 Å². The Kier molecular flexibility index (Phi) is 6.13. The van der Waals surface area contributed by atoms with E-state index in [0.717, 1.165) is 6.92 Å². The Balaban J connectivity index is 3.21. The van der Waals surface area contributed by atoms with Crippen LogP contribution >= 0.6 is 0 Å². The van der Waals surface area contributed by atoms with Gasteiger partial charge in [0, 0.05) is 6.08 Å². The van der Waals surface area contributed by atoms with Crippen LogP contribution < -0.4 is 0 Å². The van der Waals surface area contributed by atoms with E-state index >= 15 is 0 Å². The van der Waals surface area contributed by atoms with Crippen LogP contribution in [-0.2, 0) is 0 Å². The van der Waals surface area contributed by atoms with E-state index in [1.54, 1.807) is 0 Å². The Bertz CT molecular complexity index is 447. The summed E-state index contributed by atoms with van der Waals surface area (Å²) in [4.78, 5) is 2.02. The summed E-state index contributed by atoms with van der Waals surface area (Å²) in [7, 11) is 1.89. The summed E-state index contributed by atoms with van der Waals surface area (Å²) in [6.07, 6.45) is -2.20. The van der Waals surface area contributed by atoms with E-state index in [1.807, 2.05) is 11.9 Å². The van der Waals surface area contributed by atoms with E-state index in [9.17, 15) is 22.0 Å². The highest BCUT2D eigenvalue weighted by Gasteiger charge is 2.41. The van der Waals surface area contributed by atoms with Crippen LogP contribution in [-0.4, -0.2) is 31.2 Å². The molecule has 0 atom stereocenters. The van der Waals surface area contributed by atoms with Crippen molar-refractivity contribution >= 4 is 0 Å². The number of likely N-dealkylation sites (tertiary alicyclic amines) is 1. The number of piperidine rings is 1. The molecule has 0 aliphatic carbocycles. The van der Waals surface area contributed by atoms with Crippen LogP contribution in [0, 0.1) is 5.92 Å². The highest BCUT2D eigenvalue weighted by Crippen LogP contribution is 2.40. The molecule has 1 saturated heterocycles. The molecule has 0 saturated carbocycles. The molecule has 0 spiro atoms. The van der Waals surface area contributed by atoms with E-state index in [-0.39, 0.29) is 11.5 Å². The zero-order valence-electron chi connectivity index (χ0n) is 12.4. The monoisotopic (exact) mass is 309 g/mol. The van der Waals surface area contributed by atoms with Crippen molar-refractivity contribution in [3.05, 3.63) is 35.0 Å². The highest BCUT2D eigenvalue weighted by atomic mass is 19.4. The maximum atomic E-state index is 13.9. The van der Waals surface area contributed by atoms with E-state index in [0.29, 0.717) is 32.0 Å². The topological polar surface area (TPSA) is 3.24 Å². The molecule has 21 heavy (non-hydrogen) atoms. The van der Waals surface area contributed by atoms with Gasteiger partial charge < -0.3 is 4.90 Å². The lowest BCUT2D eigenvalue weighted by atomic mass is 9.84. The lowest BCUT2D eigenvalue weighted by molar-refractivity contribution is -0.0919. The molecule has 6 heteroatoms. The van der Waals surface area contributed by atoms with Crippen molar-refractivity contribution in [1.82, 2.24) is 4.90 Å². The van der Waals surface area contributed by atoms with E-state index in [2.05, 4.69) is 0 Å². The molecular weight excluding hydrogens is 289 g/mol. The predicted molar refractivity (Wildman–Crippen MR) is 73.0 cm³/mol. The van der Waals surface area contributed by atoms with Crippen molar-refractivity contribution in [2.75, 3.05) is 20.1 Å². The van der Waals surface area contributed by atoms with Crippen LogP contribution in [0.15, 0.2) is 35.0 Å². The lowest BCUT2D eigenvalue weighted by Crippen LogP contribution is -2.32. The number of halogens is 5. The molecule has 0 bridgehead atoms. The summed E-state index contributed by atoms with van der Waals surface area (Å²) in [5.41, 5.74) is -1.43. The first-order chi connectivity index (χ1) is 9.66. The number of rotatable bonds is 3. The molecule has 0 unspecified atom stereocenters. The molecule has 0 aromatic heterocycles. The van der Waals surface area contributed by atoms with Gasteiger partial charge in [-0.15, -0.1) is 0 Å². The average Bonchev–Trinajstić information content (AvgIpc) is 2.34. The quantitative estimate of drug-likeness (QED) is 0.527. The zero-order chi connectivity index (χ0) is 16.2. The van der Waals surface area contributed by atoms with Gasteiger partial charge in [0.25, 0.3) is 0 Å². The summed E-state index contributed by atoms with van der Waals surface area (Å²) in [6, 6.07) is 0. The molecule has 0 aromatic carbocycles. The first kappa shape index (κ1) is 17.9. The van der Waals surface area contributed by atoms with Crippen LogP contribution in [0.1, 0.15) is 26.7 Å². The smallest absolute Gasteiger partial charge is 0.306 e. The highest BCUT2D eigenvalue weighted by molar-refractivity contribution is 5.42. The minimum absolute atomic E-state index is 0.0781. The molecule has 1 heterocycles. The third kappa shape index (κ3) is 4.95. The van der Waals surface area contributed by atoms with Gasteiger partial charge in [-0.05, 0) is 58.3 Å². The van der Waals surface area contributed by atoms with Crippen molar-refractivity contribution in [3.63, 3.8) is 0 Å². The van der Waals surface area contributed by atoms with Gasteiger partial charge in [0.05, 0.1) is 11.4 Å². The van der Waals surface area contributed by atoms with Gasteiger partial charge in [0.15, 0.2) is 0 Å². The van der Waals surface area contributed by atoms with E-state index < -0.39 is 23.4 Å². The molecule has 0 N–H and O–H groups in total. The van der Waals surface area contributed by atoms with Gasteiger partial charge in [0.1, 0.15) is 5.83 Å². The predicted octanol–water partition coefficient (Wildman–Crippen LogP) is 4.93. The second kappa shape index (κ2) is 7.20. The lowest BCUT2D eigenvalue weighted by Gasteiger charge is -2.32. The van der Waals surface area contributed by atoms with Crippen LogP contribution in [0.3, 0.4) is 0 Å². The van der Waals surface area contributed by atoms with Crippen molar-refractivity contribution in [2.24, 2.45) is 5.92 Å². The van der Waals surface area contributed by atoms with Crippen molar-refractivity contribution in [3.8, 4) is 0 Å². The normalized spacial score (nSPS) is 21.5. The molecule has 1 nitrogen and oxygen atoms in total. The molecule has 1 fully saturated rings. The maximum Gasteiger partial charge on any atom is 0.419 e. The fourth-order valence-corrected chi connectivity index (χ4v) is 2.59. The first-order valence-corrected chi connectivity index (χ1v) is 6.82. The molecule has 120 valence electrons. The molecule has 1 rings (SSSR count). The molecule has 1 aliphatic heterocycles. The maximum absolute atomic E-state index is 13.9. The van der Waals surface area contributed by atoms with Gasteiger partial charge in [-0.25, -0.2) is 8.78 Å². The summed E-state index contributed by atoms with van der Waals surface area (Å²) < 4.78 is 66.2. The van der Waals surface area contributed by atoms with Gasteiger partial charge in [0.2, 0.25) is 0 Å². The minimum Gasteiger partial charge on any atom is -0.306 e. The number of alkyl halides is 3. The fraction of sp³-hybridized carbons (Fsp3) is 0.600. The largest absolute Gasteiger partial charge is 0.419 e. The Morgan fingerprint density at radius 2 is 1.67 bits per heavy atom. The van der Waals surface area contributed by atoms with Gasteiger partial charge >= 0.3 is 6.18 Å². The van der Waals surface area contributed by atoms with Crippen LogP contribution in [0.25, 0.3) is 0 Å². The number of allylic oxidation sites excluding steroid dienone is 6. The van der Waals surface area contributed by atoms with Gasteiger partial charge in [-0.2, -0.15) is 13.2 Å². The number of hydrogen-bond acceptors (Lipinski definition) is 1.